The first-order valence-corrected chi connectivity index (χ1v) is 13.8. The Balaban J connectivity index is 1.76. The van der Waals surface area contributed by atoms with E-state index in [4.69, 9.17) is 6.57 Å². The number of rotatable bonds is 9. The molecule has 1 aliphatic carbocycles. The van der Waals surface area contributed by atoms with Gasteiger partial charge in [-0.2, -0.15) is 5.26 Å². The lowest BCUT2D eigenvalue weighted by molar-refractivity contribution is 0.152. The molecular weight excluding hydrogens is 532 g/mol. The van der Waals surface area contributed by atoms with Gasteiger partial charge in [0, 0.05) is 48.2 Å². The second kappa shape index (κ2) is 13.6. The van der Waals surface area contributed by atoms with E-state index in [0.717, 1.165) is 52.1 Å². The third kappa shape index (κ3) is 7.05. The number of benzene rings is 1. The van der Waals surface area contributed by atoms with E-state index in [1.54, 1.807) is 36.9 Å². The molecule has 0 saturated heterocycles. The molecule has 1 unspecified atom stereocenters. The fourth-order valence-electron chi connectivity index (χ4n) is 5.09. The number of aromatic nitrogens is 2. The smallest absolute Gasteiger partial charge is 0.315 e. The van der Waals surface area contributed by atoms with E-state index in [-0.39, 0.29) is 17.2 Å². The largest absolute Gasteiger partial charge is 0.378 e. The van der Waals surface area contributed by atoms with Gasteiger partial charge in [0.05, 0.1) is 35.5 Å². The monoisotopic (exact) mass is 566 g/mol. The van der Waals surface area contributed by atoms with Gasteiger partial charge >= 0.3 is 6.20 Å². The van der Waals surface area contributed by atoms with Crippen LogP contribution in [0.5, 0.6) is 0 Å². The number of hydrogen-bond donors (Lipinski definition) is 1. The molecule has 1 aromatic carbocycles. The Morgan fingerprint density at radius 3 is 2.64 bits per heavy atom. The average molecular weight is 567 g/mol. The van der Waals surface area contributed by atoms with Crippen molar-refractivity contribution in [3.05, 3.63) is 116 Å². The number of likely N-dealkylation sites (N-methyl/N-ethyl adjacent to an activating group) is 1. The highest BCUT2D eigenvalue weighted by Gasteiger charge is 2.26. The van der Waals surface area contributed by atoms with Crippen molar-refractivity contribution in [1.29, 1.82) is 5.26 Å². The summed E-state index contributed by atoms with van der Waals surface area (Å²) >= 11 is 0. The first-order valence-electron chi connectivity index (χ1n) is 13.8. The number of allylic oxidation sites excluding steroid dienone is 6. The van der Waals surface area contributed by atoms with E-state index in [2.05, 4.69) is 48.3 Å². The van der Waals surface area contributed by atoms with Crippen molar-refractivity contribution < 1.29 is 8.78 Å². The summed E-state index contributed by atoms with van der Waals surface area (Å²) in [6.45, 7) is 11.9. The average Bonchev–Trinajstić information content (AvgIpc) is 3.10. The van der Waals surface area contributed by atoms with Crippen molar-refractivity contribution in [3.63, 3.8) is 0 Å². The van der Waals surface area contributed by atoms with Crippen LogP contribution in [0.1, 0.15) is 62.1 Å². The summed E-state index contributed by atoms with van der Waals surface area (Å²) in [5, 5.41) is 12.6. The van der Waals surface area contributed by atoms with Gasteiger partial charge in [0.1, 0.15) is 5.82 Å². The molecule has 0 fully saturated rings. The standard InChI is InChI=1S/C33H34F2N7/c1-6-30(41-31-10-7-23(15-36)13-29(31)33(34)35)28-12-21(2)11-27-9-8-25(28)14-32(42(27)5)26(19-37-4)20-38-16-24-17-39-22(3)40-18-24/h4,7,10-14,17-20,30,33,41H,6,8-9,16H2,1-3,5H3/q+1/b21-12?,26-19+,27-11?,28-25?,38-20?. The molecule has 2 aliphatic rings. The fraction of sp³-hybridized carbons (Fsp3) is 0.303. The van der Waals surface area contributed by atoms with Crippen molar-refractivity contribution in [3.8, 4) is 12.6 Å². The van der Waals surface area contributed by atoms with E-state index in [1.807, 2.05) is 33.9 Å². The first-order chi connectivity index (χ1) is 20.2. The van der Waals surface area contributed by atoms with Crippen LogP contribution in [0.15, 0.2) is 93.7 Å². The van der Waals surface area contributed by atoms with Gasteiger partial charge < -0.3 is 10.2 Å². The van der Waals surface area contributed by atoms with Crippen molar-refractivity contribution in [2.45, 2.75) is 59.0 Å². The number of nitriles is 1. The normalized spacial score (nSPS) is 16.3. The van der Waals surface area contributed by atoms with Crippen LogP contribution in [-0.4, -0.2) is 34.2 Å². The van der Waals surface area contributed by atoms with Crippen LogP contribution in [0.2, 0.25) is 0 Å². The Labute approximate surface area is 245 Å². The number of alkyl halides is 2. The van der Waals surface area contributed by atoms with E-state index in [9.17, 15) is 14.0 Å². The minimum Gasteiger partial charge on any atom is -0.378 e. The number of nitrogens with zero attached hydrogens (tertiary/aromatic N) is 6. The summed E-state index contributed by atoms with van der Waals surface area (Å²) in [5.41, 5.74) is 7.08. The quantitative estimate of drug-likeness (QED) is 0.315. The van der Waals surface area contributed by atoms with Crippen LogP contribution < -0.4 is 5.32 Å². The second-order valence-corrected chi connectivity index (χ2v) is 10.3. The zero-order chi connectivity index (χ0) is 30.2. The fourth-order valence-corrected chi connectivity index (χ4v) is 5.09. The third-order valence-electron chi connectivity index (χ3n) is 7.28. The predicted octanol–water partition coefficient (Wildman–Crippen LogP) is 7.65. The molecule has 1 aliphatic heterocycles. The lowest BCUT2D eigenvalue weighted by atomic mass is 9.91. The Bertz CT molecular complexity index is 1600. The van der Waals surface area contributed by atoms with Crippen LogP contribution in [0.25, 0.3) is 4.85 Å². The summed E-state index contributed by atoms with van der Waals surface area (Å²) in [7, 11) is 2.01. The minimum absolute atomic E-state index is 0.186. The SMILES string of the molecule is C#[N+]/C=C(\C=NCc1cnc(C)nc1)C1=CC2=C(C(CC)Nc3ccc(C#N)cc3C(F)F)C=C(C)C=C(CC2)N1C. The lowest BCUT2D eigenvalue weighted by Crippen LogP contribution is -2.23. The molecule has 9 heteroatoms. The Morgan fingerprint density at radius 2 is 1.98 bits per heavy atom. The Kier molecular flexibility index (Phi) is 9.77. The van der Waals surface area contributed by atoms with Gasteiger partial charge in [-0.3, -0.25) is 4.99 Å². The maximum Gasteiger partial charge on any atom is 0.315 e. The van der Waals surface area contributed by atoms with Gasteiger partial charge in [-0.1, -0.05) is 13.0 Å². The summed E-state index contributed by atoms with van der Waals surface area (Å²) in [6.07, 6.45) is 12.7. The topological polar surface area (TPSA) is 81.6 Å². The zero-order valence-corrected chi connectivity index (χ0v) is 24.3. The highest BCUT2D eigenvalue weighted by Crippen LogP contribution is 2.36. The number of fused-ring (bicyclic) bond motifs is 3. The molecule has 2 heterocycles. The molecule has 7 nitrogen and oxygen atoms in total. The van der Waals surface area contributed by atoms with Crippen molar-refractivity contribution in [2.24, 2.45) is 4.99 Å². The Morgan fingerprint density at radius 1 is 1.21 bits per heavy atom. The second-order valence-electron chi connectivity index (χ2n) is 10.3. The summed E-state index contributed by atoms with van der Waals surface area (Å²) in [4.78, 5) is 19.0. The Hall–Kier alpha value is -4.89. The van der Waals surface area contributed by atoms with Gasteiger partial charge in [0.2, 0.25) is 0 Å². The van der Waals surface area contributed by atoms with Crippen LogP contribution >= 0.6 is 0 Å². The van der Waals surface area contributed by atoms with Crippen LogP contribution in [0.4, 0.5) is 14.5 Å². The molecule has 1 aromatic heterocycles. The molecule has 214 valence electrons. The number of aliphatic imine (C=N–C) groups is 1. The number of halogens is 2. The molecule has 0 radical (unpaired) electrons. The van der Waals surface area contributed by atoms with E-state index >= 15 is 0 Å². The summed E-state index contributed by atoms with van der Waals surface area (Å²) < 4.78 is 27.9. The van der Waals surface area contributed by atoms with Crippen LogP contribution in [0, 0.1) is 24.8 Å². The van der Waals surface area contributed by atoms with Gasteiger partial charge in [-0.15, -0.1) is 0 Å². The van der Waals surface area contributed by atoms with Gasteiger partial charge in [0.25, 0.3) is 13.0 Å². The summed E-state index contributed by atoms with van der Waals surface area (Å²) in [5.74, 6) is 0.698. The van der Waals surface area contributed by atoms with E-state index in [1.165, 1.54) is 6.07 Å². The van der Waals surface area contributed by atoms with Crippen molar-refractivity contribution in [1.82, 2.24) is 14.9 Å². The maximum absolute atomic E-state index is 14.0. The molecule has 4 rings (SSSR count). The van der Waals surface area contributed by atoms with Crippen LogP contribution in [-0.2, 0) is 6.54 Å². The van der Waals surface area contributed by atoms with Crippen molar-refractivity contribution in [2.75, 3.05) is 12.4 Å². The maximum atomic E-state index is 14.0. The molecule has 0 amide bonds. The summed E-state index contributed by atoms with van der Waals surface area (Å²) in [6, 6.07) is 6.06. The van der Waals surface area contributed by atoms with Crippen LogP contribution in [0.3, 0.4) is 0 Å². The molecular formula is C33H34F2N7+. The molecule has 2 aromatic rings. The van der Waals surface area contributed by atoms with Gasteiger partial charge in [-0.25, -0.2) is 18.7 Å². The number of aryl methyl sites for hydroxylation is 1. The molecule has 0 saturated carbocycles. The van der Waals surface area contributed by atoms with Crippen molar-refractivity contribution >= 4 is 11.9 Å². The molecule has 42 heavy (non-hydrogen) atoms. The van der Waals surface area contributed by atoms with E-state index in [0.29, 0.717) is 24.5 Å². The highest BCUT2D eigenvalue weighted by atomic mass is 19.3. The van der Waals surface area contributed by atoms with Gasteiger partial charge in [0.15, 0.2) is 0 Å². The molecule has 1 atom stereocenters. The molecule has 2 bridgehead atoms. The minimum atomic E-state index is -2.72. The third-order valence-corrected chi connectivity index (χ3v) is 7.28. The molecule has 1 N–H and O–H groups in total. The predicted molar refractivity (Wildman–Crippen MR) is 163 cm³/mol. The number of nitrogens with one attached hydrogen (secondary N) is 1. The lowest BCUT2D eigenvalue weighted by Gasteiger charge is -2.25. The number of hydrogen-bond acceptors (Lipinski definition) is 6. The number of anilines is 1. The highest BCUT2D eigenvalue weighted by molar-refractivity contribution is 5.85. The zero-order valence-electron chi connectivity index (χ0n) is 24.3. The van der Waals surface area contributed by atoms with Gasteiger partial charge in [-0.05, 0) is 85.0 Å². The first kappa shape index (κ1) is 30.1. The molecule has 0 spiro atoms. The van der Waals surface area contributed by atoms with E-state index < -0.39 is 6.43 Å².